The number of benzene rings is 1. The summed E-state index contributed by atoms with van der Waals surface area (Å²) in [4.78, 5) is 29.8. The minimum absolute atomic E-state index is 0.0312. The van der Waals surface area contributed by atoms with E-state index in [0.717, 1.165) is 43.4 Å². The number of ether oxygens (including phenoxy) is 1. The third-order valence-electron chi connectivity index (χ3n) is 8.39. The molecule has 4 aliphatic carbocycles. The number of carbonyl (C=O) groups is 2. The first-order valence-electron chi connectivity index (χ1n) is 12.1. The van der Waals surface area contributed by atoms with Crippen molar-refractivity contribution in [3.8, 4) is 5.75 Å². The van der Waals surface area contributed by atoms with Crippen LogP contribution in [0.15, 0.2) is 43.0 Å². The highest BCUT2D eigenvalue weighted by molar-refractivity contribution is 5.88. The average molecular weight is 451 g/mol. The van der Waals surface area contributed by atoms with Gasteiger partial charge in [0.1, 0.15) is 12.4 Å². The molecule has 2 atom stereocenters. The molecule has 1 aromatic heterocycles. The molecule has 1 aromatic carbocycles. The van der Waals surface area contributed by atoms with E-state index in [9.17, 15) is 9.59 Å². The van der Waals surface area contributed by atoms with E-state index in [0.29, 0.717) is 30.9 Å². The van der Waals surface area contributed by atoms with Crippen molar-refractivity contribution in [2.75, 3.05) is 6.61 Å². The fourth-order valence-corrected chi connectivity index (χ4v) is 6.69. The number of imidazole rings is 1. The highest BCUT2D eigenvalue weighted by Crippen LogP contribution is 2.60. The van der Waals surface area contributed by atoms with Crippen molar-refractivity contribution in [2.45, 2.75) is 64.0 Å². The Labute approximate surface area is 195 Å². The lowest BCUT2D eigenvalue weighted by Gasteiger charge is -2.59. The normalized spacial score (nSPS) is 30.2. The molecule has 33 heavy (non-hydrogen) atoms. The van der Waals surface area contributed by atoms with Crippen molar-refractivity contribution < 1.29 is 14.3 Å². The van der Waals surface area contributed by atoms with Crippen LogP contribution in [0.25, 0.3) is 0 Å². The molecule has 1 heterocycles. The SMILES string of the molecule is CC(C)(C(=O)NC1C2CC3CC1CC(C(N)=O)(C3)C2)c1cccc(OCCn2ccnc2)c1. The van der Waals surface area contributed by atoms with Crippen LogP contribution in [0.4, 0.5) is 0 Å². The molecule has 4 saturated carbocycles. The van der Waals surface area contributed by atoms with Crippen molar-refractivity contribution in [2.24, 2.45) is 28.9 Å². The molecule has 0 spiro atoms. The Hall–Kier alpha value is -2.83. The summed E-state index contributed by atoms with van der Waals surface area (Å²) >= 11 is 0. The minimum atomic E-state index is -0.695. The van der Waals surface area contributed by atoms with E-state index < -0.39 is 5.41 Å². The maximum absolute atomic E-state index is 13.5. The number of rotatable bonds is 8. The van der Waals surface area contributed by atoms with Gasteiger partial charge in [0, 0.05) is 23.9 Å². The third-order valence-corrected chi connectivity index (χ3v) is 8.39. The molecule has 2 aromatic rings. The van der Waals surface area contributed by atoms with E-state index in [1.807, 2.05) is 48.9 Å². The van der Waals surface area contributed by atoms with Crippen LogP contribution >= 0.6 is 0 Å². The third kappa shape index (κ3) is 4.02. The van der Waals surface area contributed by atoms with E-state index in [1.165, 1.54) is 0 Å². The van der Waals surface area contributed by atoms with Gasteiger partial charge in [-0.3, -0.25) is 9.59 Å². The van der Waals surface area contributed by atoms with Gasteiger partial charge in [-0.15, -0.1) is 0 Å². The summed E-state index contributed by atoms with van der Waals surface area (Å²) in [5, 5.41) is 3.40. The first kappa shape index (κ1) is 22.0. The number of nitrogens with zero attached hydrogens (tertiary/aromatic N) is 2. The molecule has 3 N–H and O–H groups in total. The molecular formula is C26H34N4O3. The fraction of sp³-hybridized carbons (Fsp3) is 0.577. The monoisotopic (exact) mass is 450 g/mol. The van der Waals surface area contributed by atoms with Gasteiger partial charge in [0.05, 0.1) is 18.3 Å². The summed E-state index contributed by atoms with van der Waals surface area (Å²) in [6, 6.07) is 7.95. The summed E-state index contributed by atoms with van der Waals surface area (Å²) < 4.78 is 7.90. The van der Waals surface area contributed by atoms with Gasteiger partial charge in [-0.2, -0.15) is 0 Å². The summed E-state index contributed by atoms with van der Waals surface area (Å²) in [5.41, 5.74) is 5.71. The Morgan fingerprint density at radius 2 is 2.00 bits per heavy atom. The molecule has 4 bridgehead atoms. The number of nitrogens with one attached hydrogen (secondary N) is 1. The molecule has 4 fully saturated rings. The van der Waals surface area contributed by atoms with Crippen LogP contribution < -0.4 is 15.8 Å². The van der Waals surface area contributed by atoms with E-state index in [1.54, 1.807) is 12.5 Å². The van der Waals surface area contributed by atoms with Crippen LogP contribution in [0.5, 0.6) is 5.75 Å². The van der Waals surface area contributed by atoms with Crippen LogP contribution in [0.3, 0.4) is 0 Å². The molecule has 7 nitrogen and oxygen atoms in total. The topological polar surface area (TPSA) is 99.2 Å². The Bertz CT molecular complexity index is 1020. The molecule has 0 radical (unpaired) electrons. The highest BCUT2D eigenvalue weighted by Gasteiger charge is 2.58. The smallest absolute Gasteiger partial charge is 0.230 e. The number of hydrogen-bond acceptors (Lipinski definition) is 4. The van der Waals surface area contributed by atoms with Crippen LogP contribution in [-0.2, 0) is 21.5 Å². The van der Waals surface area contributed by atoms with Crippen molar-refractivity contribution >= 4 is 11.8 Å². The van der Waals surface area contributed by atoms with Crippen LogP contribution in [-0.4, -0.2) is 34.0 Å². The number of aromatic nitrogens is 2. The number of primary amides is 1. The molecule has 6 rings (SSSR count). The highest BCUT2D eigenvalue weighted by atomic mass is 16.5. The fourth-order valence-electron chi connectivity index (χ4n) is 6.69. The molecule has 4 aliphatic rings. The zero-order valence-corrected chi connectivity index (χ0v) is 19.5. The Morgan fingerprint density at radius 3 is 2.67 bits per heavy atom. The maximum Gasteiger partial charge on any atom is 0.230 e. The largest absolute Gasteiger partial charge is 0.492 e. The summed E-state index contributed by atoms with van der Waals surface area (Å²) in [6.07, 6.45) is 10.2. The first-order valence-corrected chi connectivity index (χ1v) is 12.1. The lowest BCUT2D eigenvalue weighted by atomic mass is 9.47. The number of hydrogen-bond donors (Lipinski definition) is 2. The van der Waals surface area contributed by atoms with Crippen molar-refractivity contribution in [1.29, 1.82) is 0 Å². The van der Waals surface area contributed by atoms with Gasteiger partial charge in [0.25, 0.3) is 0 Å². The second kappa shape index (κ2) is 8.19. The number of amides is 2. The lowest BCUT2D eigenvalue weighted by molar-refractivity contribution is -0.148. The average Bonchev–Trinajstić information content (AvgIpc) is 3.29. The Balaban J connectivity index is 1.25. The van der Waals surface area contributed by atoms with E-state index in [-0.39, 0.29) is 23.3 Å². The summed E-state index contributed by atoms with van der Waals surface area (Å²) in [7, 11) is 0. The quantitative estimate of drug-likeness (QED) is 0.646. The second-order valence-corrected chi connectivity index (χ2v) is 10.9. The number of carbonyl (C=O) groups excluding carboxylic acids is 2. The van der Waals surface area contributed by atoms with Crippen molar-refractivity contribution in [3.05, 3.63) is 48.5 Å². The van der Waals surface area contributed by atoms with Gasteiger partial charge in [0.2, 0.25) is 11.8 Å². The van der Waals surface area contributed by atoms with Gasteiger partial charge in [-0.05, 0) is 81.4 Å². The molecule has 176 valence electrons. The molecule has 0 saturated heterocycles. The Kier molecular flexibility index (Phi) is 5.46. The molecule has 7 heteroatoms. The van der Waals surface area contributed by atoms with E-state index >= 15 is 0 Å². The predicted octanol–water partition coefficient (Wildman–Crippen LogP) is 3.04. The molecule has 2 amide bonds. The molecule has 0 aliphatic heterocycles. The van der Waals surface area contributed by atoms with Gasteiger partial charge in [-0.25, -0.2) is 4.98 Å². The van der Waals surface area contributed by atoms with Crippen LogP contribution in [0.2, 0.25) is 0 Å². The van der Waals surface area contributed by atoms with Crippen molar-refractivity contribution in [3.63, 3.8) is 0 Å². The zero-order chi connectivity index (χ0) is 23.2. The van der Waals surface area contributed by atoms with Gasteiger partial charge >= 0.3 is 0 Å². The summed E-state index contributed by atoms with van der Waals surface area (Å²) in [6.45, 7) is 5.18. The van der Waals surface area contributed by atoms with Crippen LogP contribution in [0, 0.1) is 23.2 Å². The minimum Gasteiger partial charge on any atom is -0.492 e. The van der Waals surface area contributed by atoms with Gasteiger partial charge < -0.3 is 20.4 Å². The number of nitrogens with two attached hydrogens (primary N) is 1. The zero-order valence-electron chi connectivity index (χ0n) is 19.5. The molecular weight excluding hydrogens is 416 g/mol. The Morgan fingerprint density at radius 1 is 1.24 bits per heavy atom. The molecule has 2 unspecified atom stereocenters. The van der Waals surface area contributed by atoms with Gasteiger partial charge in [0.15, 0.2) is 0 Å². The van der Waals surface area contributed by atoms with Crippen molar-refractivity contribution in [1.82, 2.24) is 14.9 Å². The predicted molar refractivity (Wildman–Crippen MR) is 124 cm³/mol. The first-order chi connectivity index (χ1) is 15.8. The summed E-state index contributed by atoms with van der Waals surface area (Å²) in [5.74, 6) is 1.92. The second-order valence-electron chi connectivity index (χ2n) is 10.9. The lowest BCUT2D eigenvalue weighted by Crippen LogP contribution is -2.63. The standard InChI is InChI=1S/C26H34N4O3/c1-25(2,20-4-3-5-21(12-20)33-9-8-30-7-6-28-16-30)24(32)29-22-18-10-17-11-19(22)15-26(13-17,14-18)23(27)31/h3-7,12,16-19,22H,8-11,13-15H2,1-2H3,(H2,27,31)(H,29,32). The van der Waals surface area contributed by atoms with E-state index in [4.69, 9.17) is 10.5 Å². The van der Waals surface area contributed by atoms with Gasteiger partial charge in [-0.1, -0.05) is 12.1 Å². The van der Waals surface area contributed by atoms with Crippen LogP contribution in [0.1, 0.15) is 51.5 Å². The maximum atomic E-state index is 13.5. The van der Waals surface area contributed by atoms with E-state index in [2.05, 4.69) is 10.3 Å².